The molecule has 1 atom stereocenters. The highest BCUT2D eigenvalue weighted by molar-refractivity contribution is 5.37. The first-order valence-corrected chi connectivity index (χ1v) is 9.64. The number of rotatable bonds is 9. The fraction of sp³-hybridized carbons (Fsp3) is 0.429. The first-order chi connectivity index (χ1) is 13.6. The summed E-state index contributed by atoms with van der Waals surface area (Å²) in [5.41, 5.74) is 1.34. The summed E-state index contributed by atoms with van der Waals surface area (Å²) in [5.74, 6) is 0.402. The third-order valence-electron chi connectivity index (χ3n) is 4.96. The zero-order chi connectivity index (χ0) is 19.8. The maximum Gasteiger partial charge on any atom is 0.273 e. The number of nitro groups is 1. The Morgan fingerprint density at radius 1 is 1.04 bits per heavy atom. The quantitative estimate of drug-likeness (QED) is 0.527. The summed E-state index contributed by atoms with van der Waals surface area (Å²) in [7, 11) is 0. The molecular formula is C21H27N3O4. The Labute approximate surface area is 165 Å². The van der Waals surface area contributed by atoms with Gasteiger partial charge < -0.3 is 14.7 Å². The molecule has 0 saturated carbocycles. The van der Waals surface area contributed by atoms with Gasteiger partial charge in [-0.3, -0.25) is 15.0 Å². The summed E-state index contributed by atoms with van der Waals surface area (Å²) in [6.45, 7) is 5.54. The van der Waals surface area contributed by atoms with E-state index in [1.54, 1.807) is 12.1 Å². The second-order valence-electron chi connectivity index (χ2n) is 7.10. The first-order valence-electron chi connectivity index (χ1n) is 9.64. The Kier molecular flexibility index (Phi) is 7.36. The average Bonchev–Trinajstić information content (AvgIpc) is 2.73. The zero-order valence-corrected chi connectivity index (χ0v) is 15.9. The Morgan fingerprint density at radius 3 is 2.46 bits per heavy atom. The molecule has 1 heterocycles. The van der Waals surface area contributed by atoms with E-state index in [4.69, 9.17) is 4.74 Å². The molecule has 3 rings (SSSR count). The van der Waals surface area contributed by atoms with Crippen LogP contribution in [0.25, 0.3) is 0 Å². The molecule has 1 aliphatic heterocycles. The number of nitro benzene ring substituents is 1. The molecule has 0 radical (unpaired) electrons. The lowest BCUT2D eigenvalue weighted by molar-refractivity contribution is -0.384. The average molecular weight is 385 g/mol. The normalized spacial score (nSPS) is 16.6. The minimum absolute atomic E-state index is 0.0152. The van der Waals surface area contributed by atoms with Crippen molar-refractivity contribution in [2.75, 3.05) is 45.9 Å². The molecule has 0 bridgehead atoms. The van der Waals surface area contributed by atoms with Gasteiger partial charge in [0.1, 0.15) is 18.5 Å². The van der Waals surface area contributed by atoms with Crippen LogP contribution < -0.4 is 4.74 Å². The van der Waals surface area contributed by atoms with E-state index in [1.165, 1.54) is 17.7 Å². The van der Waals surface area contributed by atoms with E-state index in [0.717, 1.165) is 39.1 Å². The van der Waals surface area contributed by atoms with Crippen LogP contribution in [0.5, 0.6) is 5.75 Å². The SMILES string of the molecule is O=[N+]([O-])c1cccc(OCC(O)CN2CCN(CCc3ccccc3)CC2)c1. The summed E-state index contributed by atoms with van der Waals surface area (Å²) < 4.78 is 5.52. The molecule has 1 fully saturated rings. The van der Waals surface area contributed by atoms with Crippen LogP contribution in [0.4, 0.5) is 5.69 Å². The second kappa shape index (κ2) is 10.2. The van der Waals surface area contributed by atoms with Crippen LogP contribution in [0.2, 0.25) is 0 Å². The third-order valence-corrected chi connectivity index (χ3v) is 4.96. The Morgan fingerprint density at radius 2 is 1.75 bits per heavy atom. The number of piperazine rings is 1. The summed E-state index contributed by atoms with van der Waals surface area (Å²) in [6.07, 6.45) is 0.427. The highest BCUT2D eigenvalue weighted by Crippen LogP contribution is 2.19. The van der Waals surface area contributed by atoms with E-state index < -0.39 is 11.0 Å². The summed E-state index contributed by atoms with van der Waals surface area (Å²) in [5, 5.41) is 21.0. The lowest BCUT2D eigenvalue weighted by Crippen LogP contribution is -2.49. The molecule has 150 valence electrons. The van der Waals surface area contributed by atoms with Crippen molar-refractivity contribution in [2.45, 2.75) is 12.5 Å². The number of hydrogen-bond donors (Lipinski definition) is 1. The molecule has 1 aliphatic rings. The number of benzene rings is 2. The molecule has 7 nitrogen and oxygen atoms in total. The predicted molar refractivity (Wildman–Crippen MR) is 108 cm³/mol. The Balaban J connectivity index is 1.35. The van der Waals surface area contributed by atoms with Crippen molar-refractivity contribution in [2.24, 2.45) is 0 Å². The maximum absolute atomic E-state index is 10.8. The van der Waals surface area contributed by atoms with Crippen LogP contribution in [0, 0.1) is 10.1 Å². The van der Waals surface area contributed by atoms with Crippen LogP contribution in [-0.2, 0) is 6.42 Å². The van der Waals surface area contributed by atoms with Crippen LogP contribution in [-0.4, -0.2) is 71.8 Å². The molecule has 2 aromatic rings. The minimum atomic E-state index is -0.630. The number of aliphatic hydroxyl groups excluding tert-OH is 1. The number of hydrogen-bond acceptors (Lipinski definition) is 6. The monoisotopic (exact) mass is 385 g/mol. The van der Waals surface area contributed by atoms with Crippen molar-refractivity contribution < 1.29 is 14.8 Å². The minimum Gasteiger partial charge on any atom is -0.491 e. The van der Waals surface area contributed by atoms with Crippen LogP contribution in [0.1, 0.15) is 5.56 Å². The number of aliphatic hydroxyl groups is 1. The van der Waals surface area contributed by atoms with E-state index in [0.29, 0.717) is 12.3 Å². The number of non-ortho nitro benzene ring substituents is 1. The first kappa shape index (κ1) is 20.3. The van der Waals surface area contributed by atoms with Crippen LogP contribution in [0.15, 0.2) is 54.6 Å². The lowest BCUT2D eigenvalue weighted by Gasteiger charge is -2.35. The van der Waals surface area contributed by atoms with Gasteiger partial charge in [0.25, 0.3) is 5.69 Å². The molecule has 0 amide bonds. The van der Waals surface area contributed by atoms with E-state index in [-0.39, 0.29) is 12.3 Å². The van der Waals surface area contributed by atoms with Crippen molar-refractivity contribution in [1.29, 1.82) is 0 Å². The van der Waals surface area contributed by atoms with E-state index >= 15 is 0 Å². The highest BCUT2D eigenvalue weighted by Gasteiger charge is 2.19. The molecule has 7 heteroatoms. The van der Waals surface area contributed by atoms with Gasteiger partial charge in [0.15, 0.2) is 0 Å². The van der Waals surface area contributed by atoms with Crippen molar-refractivity contribution in [3.63, 3.8) is 0 Å². The van der Waals surface area contributed by atoms with Crippen molar-refractivity contribution in [3.05, 3.63) is 70.3 Å². The predicted octanol–water partition coefficient (Wildman–Crippen LogP) is 2.19. The summed E-state index contributed by atoms with van der Waals surface area (Å²) in [4.78, 5) is 15.0. The van der Waals surface area contributed by atoms with Gasteiger partial charge in [0.05, 0.1) is 11.0 Å². The van der Waals surface area contributed by atoms with Gasteiger partial charge in [-0.2, -0.15) is 0 Å². The highest BCUT2D eigenvalue weighted by atomic mass is 16.6. The van der Waals surface area contributed by atoms with Gasteiger partial charge in [-0.25, -0.2) is 0 Å². The Bertz CT molecular complexity index is 748. The van der Waals surface area contributed by atoms with Gasteiger partial charge >= 0.3 is 0 Å². The molecule has 0 spiro atoms. The fourth-order valence-corrected chi connectivity index (χ4v) is 3.36. The van der Waals surface area contributed by atoms with Gasteiger partial charge in [-0.1, -0.05) is 36.4 Å². The largest absolute Gasteiger partial charge is 0.491 e. The summed E-state index contributed by atoms with van der Waals surface area (Å²) >= 11 is 0. The molecule has 2 aromatic carbocycles. The van der Waals surface area contributed by atoms with Gasteiger partial charge in [0.2, 0.25) is 0 Å². The van der Waals surface area contributed by atoms with E-state index in [2.05, 4.69) is 34.1 Å². The Hall–Kier alpha value is -2.48. The van der Waals surface area contributed by atoms with Crippen molar-refractivity contribution in [1.82, 2.24) is 9.80 Å². The van der Waals surface area contributed by atoms with Crippen molar-refractivity contribution in [3.8, 4) is 5.75 Å². The topological polar surface area (TPSA) is 79.1 Å². The lowest BCUT2D eigenvalue weighted by atomic mass is 10.1. The standard InChI is InChI=1S/C21H27N3O4/c25-20(17-28-21-8-4-7-19(15-21)24(26)27)16-23-13-11-22(12-14-23)10-9-18-5-2-1-3-6-18/h1-8,15,20,25H,9-14,16-17H2. The maximum atomic E-state index is 10.8. The molecular weight excluding hydrogens is 358 g/mol. The smallest absolute Gasteiger partial charge is 0.273 e. The summed E-state index contributed by atoms with van der Waals surface area (Å²) in [6, 6.07) is 16.5. The number of β-amino-alcohol motifs (C(OH)–C–C–N with tert-alkyl or cyclic N) is 1. The van der Waals surface area contributed by atoms with Gasteiger partial charge in [-0.05, 0) is 18.1 Å². The number of ether oxygens (including phenoxy) is 1. The van der Waals surface area contributed by atoms with E-state index in [9.17, 15) is 15.2 Å². The van der Waals surface area contributed by atoms with E-state index in [1.807, 2.05) is 6.07 Å². The van der Waals surface area contributed by atoms with Crippen LogP contribution >= 0.6 is 0 Å². The number of nitrogens with zero attached hydrogens (tertiary/aromatic N) is 3. The molecule has 1 unspecified atom stereocenters. The molecule has 1 N–H and O–H groups in total. The fourth-order valence-electron chi connectivity index (χ4n) is 3.36. The van der Waals surface area contributed by atoms with Gasteiger partial charge in [-0.15, -0.1) is 0 Å². The second-order valence-corrected chi connectivity index (χ2v) is 7.10. The third kappa shape index (κ3) is 6.30. The molecule has 0 aliphatic carbocycles. The van der Waals surface area contributed by atoms with Crippen LogP contribution in [0.3, 0.4) is 0 Å². The molecule has 28 heavy (non-hydrogen) atoms. The molecule has 1 saturated heterocycles. The molecule has 0 aromatic heterocycles. The van der Waals surface area contributed by atoms with Gasteiger partial charge in [0, 0.05) is 45.3 Å². The van der Waals surface area contributed by atoms with Crippen molar-refractivity contribution >= 4 is 5.69 Å². The zero-order valence-electron chi connectivity index (χ0n) is 15.9.